The smallest absolute Gasteiger partial charge is 0.384 e. The molecule has 0 radical (unpaired) electrons. The van der Waals surface area contributed by atoms with E-state index in [1.807, 2.05) is 0 Å². The molecule has 1 aromatic heterocycles. The van der Waals surface area contributed by atoms with E-state index in [1.165, 1.54) is 24.3 Å². The van der Waals surface area contributed by atoms with Crippen molar-refractivity contribution in [2.24, 2.45) is 0 Å². The van der Waals surface area contributed by atoms with Crippen molar-refractivity contribution in [2.75, 3.05) is 5.73 Å². The minimum atomic E-state index is -4.53. The highest BCUT2D eigenvalue weighted by Gasteiger charge is 2.31. The predicted molar refractivity (Wildman–Crippen MR) is 70.9 cm³/mol. The van der Waals surface area contributed by atoms with Crippen molar-refractivity contribution in [2.45, 2.75) is 16.8 Å². The van der Waals surface area contributed by atoms with Crippen LogP contribution in [0.3, 0.4) is 0 Å². The Hall–Kier alpha value is -1.83. The third-order valence-electron chi connectivity index (χ3n) is 2.55. The van der Waals surface area contributed by atoms with Crippen molar-refractivity contribution in [3.8, 4) is 11.3 Å². The fourth-order valence-electron chi connectivity index (χ4n) is 1.67. The molecule has 0 bridgehead atoms. The quantitative estimate of drug-likeness (QED) is 0.660. The number of anilines is 1. The fraction of sp³-hybridized carbons (Fsp3) is 0.154. The Morgan fingerprint density at radius 3 is 2.19 bits per heavy atom. The highest BCUT2D eigenvalue weighted by Crippen LogP contribution is 2.33. The number of nitrogens with two attached hydrogens (primary N) is 1. The van der Waals surface area contributed by atoms with Crippen molar-refractivity contribution >= 4 is 17.6 Å². The van der Waals surface area contributed by atoms with Crippen LogP contribution in [0.5, 0.6) is 0 Å². The lowest BCUT2D eigenvalue weighted by Gasteiger charge is -2.10. The molecule has 0 atom stereocenters. The fourth-order valence-corrected chi connectivity index (χ4v) is 2.17. The zero-order valence-corrected chi connectivity index (χ0v) is 11.2. The van der Waals surface area contributed by atoms with Gasteiger partial charge in [-0.1, -0.05) is 23.9 Å². The number of alkyl halides is 5. The molecule has 2 N–H and O–H groups in total. The van der Waals surface area contributed by atoms with Crippen LogP contribution in [0.2, 0.25) is 0 Å². The second-order valence-corrected chi connectivity index (χ2v) is 5.13. The number of hydrogen-bond acceptors (Lipinski definition) is 3. The summed E-state index contributed by atoms with van der Waals surface area (Å²) in [4.78, 5) is 4.14. The Labute approximate surface area is 121 Å². The average molecular weight is 320 g/mol. The van der Waals surface area contributed by atoms with Crippen molar-refractivity contribution in [3.63, 3.8) is 0 Å². The van der Waals surface area contributed by atoms with Crippen LogP contribution in [0.4, 0.5) is 27.8 Å². The van der Waals surface area contributed by atoms with E-state index in [4.69, 9.17) is 5.73 Å². The molecule has 2 aromatic rings. The summed E-state index contributed by atoms with van der Waals surface area (Å²) in [5.74, 6) is -2.82. The van der Waals surface area contributed by atoms with Gasteiger partial charge in [-0.2, -0.15) is 22.0 Å². The molecule has 0 saturated carbocycles. The molecule has 112 valence electrons. The minimum absolute atomic E-state index is 0.0379. The van der Waals surface area contributed by atoms with Crippen LogP contribution in [0, 0.1) is 0 Å². The normalized spacial score (nSPS) is 11.9. The summed E-state index contributed by atoms with van der Waals surface area (Å²) >= 11 is 0.354. The third kappa shape index (κ3) is 4.07. The van der Waals surface area contributed by atoms with Gasteiger partial charge in [0.15, 0.2) is 0 Å². The van der Waals surface area contributed by atoms with Crippen LogP contribution in [0.1, 0.15) is 5.56 Å². The van der Waals surface area contributed by atoms with Crippen LogP contribution in [0.25, 0.3) is 11.3 Å². The van der Waals surface area contributed by atoms with E-state index in [1.54, 1.807) is 0 Å². The number of aromatic nitrogens is 1. The van der Waals surface area contributed by atoms with E-state index in [0.717, 1.165) is 12.1 Å². The lowest BCUT2D eigenvalue weighted by Crippen LogP contribution is -2.07. The van der Waals surface area contributed by atoms with E-state index < -0.39 is 17.5 Å². The standard InChI is InChI=1S/C13H9F5N2S/c14-12(15)21-9-3-1-7(2-4-9)10-5-8(13(16,17)18)6-11(19)20-10/h1-6,12H,(H2,19,20). The Balaban J connectivity index is 2.35. The van der Waals surface area contributed by atoms with Gasteiger partial charge in [-0.3, -0.25) is 0 Å². The Bertz CT molecular complexity index is 625. The first kappa shape index (κ1) is 15.6. The summed E-state index contributed by atoms with van der Waals surface area (Å²) in [6.45, 7) is 0. The highest BCUT2D eigenvalue weighted by atomic mass is 32.2. The molecular weight excluding hydrogens is 311 g/mol. The van der Waals surface area contributed by atoms with Crippen LogP contribution >= 0.6 is 11.8 Å². The number of halogens is 5. The number of rotatable bonds is 3. The minimum Gasteiger partial charge on any atom is -0.384 e. The molecule has 0 spiro atoms. The van der Waals surface area contributed by atoms with Crippen LogP contribution < -0.4 is 5.73 Å². The maximum atomic E-state index is 12.7. The molecule has 0 saturated heterocycles. The second kappa shape index (κ2) is 5.88. The zero-order valence-electron chi connectivity index (χ0n) is 10.4. The van der Waals surface area contributed by atoms with Crippen molar-refractivity contribution < 1.29 is 22.0 Å². The first-order valence-electron chi connectivity index (χ1n) is 5.66. The van der Waals surface area contributed by atoms with Crippen LogP contribution in [-0.2, 0) is 6.18 Å². The van der Waals surface area contributed by atoms with Gasteiger partial charge in [-0.15, -0.1) is 0 Å². The second-order valence-electron chi connectivity index (χ2n) is 4.07. The largest absolute Gasteiger partial charge is 0.416 e. The van der Waals surface area contributed by atoms with Gasteiger partial charge in [0.1, 0.15) is 5.82 Å². The summed E-state index contributed by atoms with van der Waals surface area (Å²) < 4.78 is 62.5. The number of thioether (sulfide) groups is 1. The molecular formula is C13H9F5N2S. The molecule has 2 rings (SSSR count). The topological polar surface area (TPSA) is 38.9 Å². The predicted octanol–water partition coefficient (Wildman–Crippen LogP) is 4.66. The van der Waals surface area contributed by atoms with Gasteiger partial charge in [-0.25, -0.2) is 4.98 Å². The zero-order chi connectivity index (χ0) is 15.6. The molecule has 1 heterocycles. The summed E-state index contributed by atoms with van der Waals surface area (Å²) in [6.07, 6.45) is -4.53. The van der Waals surface area contributed by atoms with Gasteiger partial charge >= 0.3 is 6.18 Å². The van der Waals surface area contributed by atoms with Gasteiger partial charge in [0.25, 0.3) is 5.76 Å². The highest BCUT2D eigenvalue weighted by molar-refractivity contribution is 7.99. The van der Waals surface area contributed by atoms with Crippen molar-refractivity contribution in [3.05, 3.63) is 42.0 Å². The summed E-state index contributed by atoms with van der Waals surface area (Å²) in [5.41, 5.74) is 4.87. The van der Waals surface area contributed by atoms with E-state index >= 15 is 0 Å². The van der Waals surface area contributed by atoms with Crippen molar-refractivity contribution in [1.29, 1.82) is 0 Å². The van der Waals surface area contributed by atoms with E-state index in [9.17, 15) is 22.0 Å². The molecule has 2 nitrogen and oxygen atoms in total. The molecule has 0 aliphatic heterocycles. The lowest BCUT2D eigenvalue weighted by atomic mass is 10.1. The molecule has 0 unspecified atom stereocenters. The number of hydrogen-bond donors (Lipinski definition) is 1. The maximum Gasteiger partial charge on any atom is 0.416 e. The van der Waals surface area contributed by atoms with Gasteiger partial charge in [0.2, 0.25) is 0 Å². The summed E-state index contributed by atoms with van der Waals surface area (Å²) in [7, 11) is 0. The molecule has 21 heavy (non-hydrogen) atoms. The molecule has 8 heteroatoms. The number of pyridine rings is 1. The molecule has 0 aliphatic carbocycles. The summed E-state index contributed by atoms with van der Waals surface area (Å²) in [6, 6.07) is 7.24. The van der Waals surface area contributed by atoms with E-state index in [0.29, 0.717) is 22.2 Å². The lowest BCUT2D eigenvalue weighted by molar-refractivity contribution is -0.137. The number of nitrogen functional groups attached to an aromatic ring is 1. The molecule has 1 aromatic carbocycles. The average Bonchev–Trinajstić information content (AvgIpc) is 2.37. The van der Waals surface area contributed by atoms with Crippen molar-refractivity contribution in [1.82, 2.24) is 4.98 Å². The molecule has 0 fully saturated rings. The number of nitrogens with zero attached hydrogens (tertiary/aromatic N) is 1. The Morgan fingerprint density at radius 1 is 1.05 bits per heavy atom. The SMILES string of the molecule is Nc1cc(C(F)(F)F)cc(-c2ccc(SC(F)F)cc2)n1. The van der Waals surface area contributed by atoms with E-state index in [2.05, 4.69) is 4.98 Å². The maximum absolute atomic E-state index is 12.7. The van der Waals surface area contributed by atoms with Gasteiger partial charge in [0.05, 0.1) is 11.3 Å². The third-order valence-corrected chi connectivity index (χ3v) is 3.27. The van der Waals surface area contributed by atoms with E-state index in [-0.39, 0.29) is 11.5 Å². The van der Waals surface area contributed by atoms with Gasteiger partial charge in [-0.05, 0) is 24.3 Å². The van der Waals surface area contributed by atoms with Gasteiger partial charge < -0.3 is 5.73 Å². The molecule has 0 aliphatic rings. The first-order valence-corrected chi connectivity index (χ1v) is 6.53. The number of benzene rings is 1. The molecule has 0 amide bonds. The Morgan fingerprint density at radius 2 is 1.67 bits per heavy atom. The van der Waals surface area contributed by atoms with Gasteiger partial charge in [0, 0.05) is 10.5 Å². The van der Waals surface area contributed by atoms with Crippen LogP contribution in [0.15, 0.2) is 41.3 Å². The first-order chi connectivity index (χ1) is 9.75. The Kier molecular flexibility index (Phi) is 4.36. The summed E-state index contributed by atoms with van der Waals surface area (Å²) in [5, 5.41) is 0. The van der Waals surface area contributed by atoms with Crippen LogP contribution in [-0.4, -0.2) is 10.7 Å². The monoisotopic (exact) mass is 320 g/mol.